The minimum atomic E-state index is -0.975. The zero-order valence-electron chi connectivity index (χ0n) is 15.4. The van der Waals surface area contributed by atoms with E-state index in [2.05, 4.69) is 15.3 Å². The Kier molecular flexibility index (Phi) is 4.17. The van der Waals surface area contributed by atoms with Crippen LogP contribution in [0.3, 0.4) is 0 Å². The summed E-state index contributed by atoms with van der Waals surface area (Å²) in [4.78, 5) is 17.0. The lowest BCUT2D eigenvalue weighted by atomic mass is 9.77. The molecule has 1 aliphatic rings. The second kappa shape index (κ2) is 6.40. The number of ketones is 1. The number of Topliss-reactive ketones (excluding diaryl/α,β-unsaturated/α-hetero) is 1. The van der Waals surface area contributed by atoms with Crippen LogP contribution in [0.1, 0.15) is 41.2 Å². The third-order valence-electron chi connectivity index (χ3n) is 4.83. The lowest BCUT2D eigenvalue weighted by Crippen LogP contribution is -2.29. The standard InChI is InChI=1S/C19H19BN4O3/c1-12-18(22-23-24(12)17-6-4-5-9-21-17)16(25)11-13-7-8-14-15(10-13)20(26)27-19(14,2)3/h4-10,26H,11H2,1-3H3. The molecule has 3 heterocycles. The molecule has 0 atom stereocenters. The van der Waals surface area contributed by atoms with E-state index >= 15 is 0 Å². The Labute approximate surface area is 157 Å². The molecule has 136 valence electrons. The van der Waals surface area contributed by atoms with Crippen LogP contribution in [0, 0.1) is 6.92 Å². The smallest absolute Gasteiger partial charge is 0.423 e. The predicted octanol–water partition coefficient (Wildman–Crippen LogP) is 1.35. The van der Waals surface area contributed by atoms with Crippen molar-refractivity contribution in [2.45, 2.75) is 32.8 Å². The van der Waals surface area contributed by atoms with Crippen molar-refractivity contribution in [1.29, 1.82) is 0 Å². The predicted molar refractivity (Wildman–Crippen MR) is 100 cm³/mol. The van der Waals surface area contributed by atoms with E-state index in [1.54, 1.807) is 23.9 Å². The summed E-state index contributed by atoms with van der Waals surface area (Å²) in [6.07, 6.45) is 1.83. The SMILES string of the molecule is Cc1c(C(=O)Cc2ccc3c(c2)B(O)OC3(C)C)nnn1-c1ccccn1. The molecule has 2 aromatic heterocycles. The van der Waals surface area contributed by atoms with Crippen LogP contribution >= 0.6 is 0 Å². The van der Waals surface area contributed by atoms with Crippen molar-refractivity contribution in [1.82, 2.24) is 20.0 Å². The Morgan fingerprint density at radius 3 is 2.85 bits per heavy atom. The van der Waals surface area contributed by atoms with Crippen molar-refractivity contribution in [3.05, 3.63) is 65.1 Å². The number of pyridine rings is 1. The van der Waals surface area contributed by atoms with Crippen LogP contribution < -0.4 is 5.46 Å². The Bertz CT molecular complexity index is 1020. The summed E-state index contributed by atoms with van der Waals surface area (Å²) in [6.45, 7) is 5.61. The summed E-state index contributed by atoms with van der Waals surface area (Å²) < 4.78 is 7.12. The summed E-state index contributed by atoms with van der Waals surface area (Å²) in [6, 6.07) is 11.1. The number of fused-ring (bicyclic) bond motifs is 1. The molecular formula is C19H19BN4O3. The van der Waals surface area contributed by atoms with Gasteiger partial charge in [-0.25, -0.2) is 4.98 Å². The van der Waals surface area contributed by atoms with E-state index in [4.69, 9.17) is 4.65 Å². The van der Waals surface area contributed by atoms with Gasteiger partial charge in [-0.3, -0.25) is 4.79 Å². The topological polar surface area (TPSA) is 90.1 Å². The summed E-state index contributed by atoms with van der Waals surface area (Å²) in [7, 11) is -0.975. The largest absolute Gasteiger partial charge is 0.492 e. The fraction of sp³-hybridized carbons (Fsp3) is 0.263. The van der Waals surface area contributed by atoms with Crippen molar-refractivity contribution in [3.63, 3.8) is 0 Å². The number of rotatable bonds is 4. The molecular weight excluding hydrogens is 343 g/mol. The van der Waals surface area contributed by atoms with Crippen molar-refractivity contribution >= 4 is 18.4 Å². The van der Waals surface area contributed by atoms with Gasteiger partial charge >= 0.3 is 7.12 Å². The molecule has 0 unspecified atom stereocenters. The zero-order valence-corrected chi connectivity index (χ0v) is 15.4. The normalized spacial score (nSPS) is 15.0. The van der Waals surface area contributed by atoms with Crippen LogP contribution in [-0.2, 0) is 16.7 Å². The number of hydrogen-bond acceptors (Lipinski definition) is 6. The minimum Gasteiger partial charge on any atom is -0.423 e. The number of carbonyl (C=O) groups excluding carboxylic acids is 1. The maximum atomic E-state index is 12.8. The fourth-order valence-corrected chi connectivity index (χ4v) is 3.43. The Morgan fingerprint density at radius 1 is 1.30 bits per heavy atom. The molecule has 3 aromatic rings. The molecule has 0 amide bonds. The summed E-state index contributed by atoms with van der Waals surface area (Å²) >= 11 is 0. The second-order valence-electron chi connectivity index (χ2n) is 7.13. The van der Waals surface area contributed by atoms with Gasteiger partial charge in [0.25, 0.3) is 0 Å². The van der Waals surface area contributed by atoms with E-state index in [1.807, 2.05) is 44.2 Å². The fourth-order valence-electron chi connectivity index (χ4n) is 3.43. The highest BCUT2D eigenvalue weighted by Gasteiger charge is 2.40. The molecule has 27 heavy (non-hydrogen) atoms. The molecule has 4 rings (SSSR count). The molecule has 0 fully saturated rings. The van der Waals surface area contributed by atoms with Crippen molar-refractivity contribution in [2.24, 2.45) is 0 Å². The van der Waals surface area contributed by atoms with Gasteiger partial charge in [0, 0.05) is 12.6 Å². The lowest BCUT2D eigenvalue weighted by molar-refractivity contribution is 0.0986. The minimum absolute atomic E-state index is 0.137. The first kappa shape index (κ1) is 17.6. The lowest BCUT2D eigenvalue weighted by Gasteiger charge is -2.19. The first-order valence-electron chi connectivity index (χ1n) is 8.73. The Balaban J connectivity index is 1.59. The number of benzene rings is 1. The number of aromatic nitrogens is 4. The molecule has 0 aliphatic carbocycles. The van der Waals surface area contributed by atoms with E-state index in [0.717, 1.165) is 11.1 Å². The maximum Gasteiger partial charge on any atom is 0.492 e. The summed E-state index contributed by atoms with van der Waals surface area (Å²) in [5.41, 5.74) is 2.86. The van der Waals surface area contributed by atoms with Gasteiger partial charge in [0.05, 0.1) is 11.3 Å². The third kappa shape index (κ3) is 3.07. The molecule has 8 heteroatoms. The monoisotopic (exact) mass is 362 g/mol. The van der Waals surface area contributed by atoms with Crippen LogP contribution in [0.15, 0.2) is 42.6 Å². The van der Waals surface area contributed by atoms with Crippen molar-refractivity contribution in [2.75, 3.05) is 0 Å². The maximum absolute atomic E-state index is 12.8. The van der Waals surface area contributed by atoms with Crippen LogP contribution in [0.5, 0.6) is 0 Å². The number of nitrogens with zero attached hydrogens (tertiary/aromatic N) is 4. The number of carbonyl (C=O) groups is 1. The van der Waals surface area contributed by atoms with Gasteiger partial charge in [-0.2, -0.15) is 4.68 Å². The molecule has 1 aromatic carbocycles. The van der Waals surface area contributed by atoms with Gasteiger partial charge in [-0.05, 0) is 49.5 Å². The van der Waals surface area contributed by atoms with Crippen molar-refractivity contribution < 1.29 is 14.5 Å². The van der Waals surface area contributed by atoms with Crippen LogP contribution in [0.4, 0.5) is 0 Å². The molecule has 7 nitrogen and oxygen atoms in total. The highest BCUT2D eigenvalue weighted by atomic mass is 16.5. The van der Waals surface area contributed by atoms with E-state index in [1.165, 1.54) is 0 Å². The van der Waals surface area contributed by atoms with E-state index in [9.17, 15) is 9.82 Å². The van der Waals surface area contributed by atoms with Crippen LogP contribution in [0.25, 0.3) is 5.82 Å². The quantitative estimate of drug-likeness (QED) is 0.557. The summed E-state index contributed by atoms with van der Waals surface area (Å²) in [5, 5.41) is 18.2. The number of hydrogen-bond donors (Lipinski definition) is 1. The van der Waals surface area contributed by atoms with Gasteiger partial charge in [-0.1, -0.05) is 29.5 Å². The molecule has 0 spiro atoms. The molecule has 1 N–H and O–H groups in total. The summed E-state index contributed by atoms with van der Waals surface area (Å²) in [5.74, 6) is 0.476. The Morgan fingerprint density at radius 2 is 2.11 bits per heavy atom. The average Bonchev–Trinajstić information content (AvgIpc) is 3.13. The first-order valence-corrected chi connectivity index (χ1v) is 8.73. The van der Waals surface area contributed by atoms with E-state index in [0.29, 0.717) is 22.7 Å². The highest BCUT2D eigenvalue weighted by molar-refractivity contribution is 6.62. The van der Waals surface area contributed by atoms with Gasteiger partial charge in [0.15, 0.2) is 17.3 Å². The molecule has 1 aliphatic heterocycles. The van der Waals surface area contributed by atoms with Crippen molar-refractivity contribution in [3.8, 4) is 5.82 Å². The molecule has 0 bridgehead atoms. The first-order chi connectivity index (χ1) is 12.9. The molecule has 0 radical (unpaired) electrons. The molecule has 0 saturated heterocycles. The van der Waals surface area contributed by atoms with Crippen LogP contribution in [-0.4, -0.2) is 37.9 Å². The van der Waals surface area contributed by atoms with Gasteiger partial charge < -0.3 is 9.68 Å². The van der Waals surface area contributed by atoms with Gasteiger partial charge in [0.2, 0.25) is 0 Å². The van der Waals surface area contributed by atoms with Gasteiger partial charge in [0.1, 0.15) is 0 Å². The third-order valence-corrected chi connectivity index (χ3v) is 4.83. The Hall–Kier alpha value is -2.84. The second-order valence-corrected chi connectivity index (χ2v) is 7.13. The van der Waals surface area contributed by atoms with E-state index in [-0.39, 0.29) is 12.2 Å². The van der Waals surface area contributed by atoms with Gasteiger partial charge in [-0.15, -0.1) is 5.10 Å². The molecule has 0 saturated carbocycles. The highest BCUT2D eigenvalue weighted by Crippen LogP contribution is 2.30. The van der Waals surface area contributed by atoms with Crippen LogP contribution in [0.2, 0.25) is 0 Å². The van der Waals surface area contributed by atoms with E-state index < -0.39 is 12.7 Å². The average molecular weight is 362 g/mol. The zero-order chi connectivity index (χ0) is 19.2.